The van der Waals surface area contributed by atoms with Gasteiger partial charge in [-0.15, -0.1) is 0 Å². The summed E-state index contributed by atoms with van der Waals surface area (Å²) in [4.78, 5) is 29.9. The zero-order valence-corrected chi connectivity index (χ0v) is 20.7. The van der Waals surface area contributed by atoms with E-state index in [1.807, 2.05) is 62.4 Å². The highest BCUT2D eigenvalue weighted by Gasteiger charge is 2.20. The van der Waals surface area contributed by atoms with Crippen molar-refractivity contribution >= 4 is 12.1 Å². The lowest BCUT2D eigenvalue weighted by molar-refractivity contribution is -0.138. The van der Waals surface area contributed by atoms with E-state index >= 15 is 0 Å². The highest BCUT2D eigenvalue weighted by Crippen LogP contribution is 2.23. The van der Waals surface area contributed by atoms with E-state index in [1.54, 1.807) is 30.3 Å². The Morgan fingerprint density at radius 3 is 2.49 bits per heavy atom. The second kappa shape index (κ2) is 11.9. The number of aliphatic carboxylic acids is 1. The van der Waals surface area contributed by atoms with Crippen LogP contribution in [0.3, 0.4) is 0 Å². The number of aryl methyl sites for hydroxylation is 2. The first-order chi connectivity index (χ1) is 17.9. The largest absolute Gasteiger partial charge is 0.493 e. The van der Waals surface area contributed by atoms with Crippen molar-refractivity contribution in [3.05, 3.63) is 101 Å². The molecular weight excluding hydrogens is 472 g/mol. The van der Waals surface area contributed by atoms with Gasteiger partial charge in [0.15, 0.2) is 0 Å². The normalized spacial score (nSPS) is 10.6. The highest BCUT2D eigenvalue weighted by molar-refractivity contribution is 5.78. The van der Waals surface area contributed by atoms with Crippen LogP contribution in [0.2, 0.25) is 0 Å². The lowest BCUT2D eigenvalue weighted by Gasteiger charge is -2.21. The second-order valence-corrected chi connectivity index (χ2v) is 8.52. The number of oxazole rings is 1. The molecule has 1 N–H and O–H groups in total. The van der Waals surface area contributed by atoms with Gasteiger partial charge in [-0.1, -0.05) is 48.5 Å². The maximum Gasteiger partial charge on any atom is 0.416 e. The Bertz CT molecular complexity index is 1370. The standard InChI is InChI=1S/C29H28N2O6/c1-20-9-6-7-14-26(20)37-29(34)31(19-27(32)33)18-22-10-8-13-24(17-22)35-16-15-25-21(2)36-28(30-25)23-11-4-3-5-12-23/h3-14,17H,15-16,18-19H2,1-2H3,(H,32,33). The predicted octanol–water partition coefficient (Wildman–Crippen LogP) is 5.67. The number of hydrogen-bond donors (Lipinski definition) is 1. The fraction of sp³-hybridized carbons (Fsp3) is 0.207. The van der Waals surface area contributed by atoms with E-state index in [0.29, 0.717) is 36.0 Å². The Morgan fingerprint density at radius 2 is 1.73 bits per heavy atom. The molecule has 0 aliphatic rings. The van der Waals surface area contributed by atoms with Gasteiger partial charge in [0.1, 0.15) is 23.8 Å². The highest BCUT2D eigenvalue weighted by atomic mass is 16.6. The van der Waals surface area contributed by atoms with Crippen LogP contribution < -0.4 is 9.47 Å². The van der Waals surface area contributed by atoms with Crippen LogP contribution in [0.1, 0.15) is 22.6 Å². The number of carbonyl (C=O) groups is 2. The molecule has 1 heterocycles. The van der Waals surface area contributed by atoms with Crippen molar-refractivity contribution in [1.29, 1.82) is 0 Å². The molecule has 0 fully saturated rings. The third-order valence-corrected chi connectivity index (χ3v) is 5.67. The van der Waals surface area contributed by atoms with Crippen LogP contribution in [0.15, 0.2) is 83.3 Å². The van der Waals surface area contributed by atoms with Crippen LogP contribution in [-0.2, 0) is 17.8 Å². The molecule has 8 nitrogen and oxygen atoms in total. The summed E-state index contributed by atoms with van der Waals surface area (Å²) in [6, 6.07) is 24.0. The molecule has 1 aromatic heterocycles. The van der Waals surface area contributed by atoms with Crippen molar-refractivity contribution in [3.63, 3.8) is 0 Å². The van der Waals surface area contributed by atoms with Crippen molar-refractivity contribution < 1.29 is 28.6 Å². The minimum Gasteiger partial charge on any atom is -0.493 e. The first-order valence-corrected chi connectivity index (χ1v) is 11.9. The Labute approximate surface area is 215 Å². The van der Waals surface area contributed by atoms with Crippen LogP contribution in [0, 0.1) is 13.8 Å². The number of hydrogen-bond acceptors (Lipinski definition) is 6. The first kappa shape index (κ1) is 25.5. The molecule has 37 heavy (non-hydrogen) atoms. The summed E-state index contributed by atoms with van der Waals surface area (Å²) in [6.45, 7) is 3.62. The SMILES string of the molecule is Cc1ccccc1OC(=O)N(CC(=O)O)Cc1cccc(OCCc2nc(-c3ccccc3)oc2C)c1. The third kappa shape index (κ3) is 6.98. The van der Waals surface area contributed by atoms with Crippen molar-refractivity contribution in [2.24, 2.45) is 0 Å². The van der Waals surface area contributed by atoms with Crippen molar-refractivity contribution in [2.45, 2.75) is 26.8 Å². The summed E-state index contributed by atoms with van der Waals surface area (Å²) < 4.78 is 17.2. The molecule has 1 amide bonds. The number of aromatic nitrogens is 1. The van der Waals surface area contributed by atoms with Crippen LogP contribution >= 0.6 is 0 Å². The maximum absolute atomic E-state index is 12.7. The molecule has 0 unspecified atom stereocenters. The molecule has 0 saturated carbocycles. The molecule has 0 atom stereocenters. The molecule has 3 aromatic carbocycles. The molecular formula is C29H28N2O6. The Morgan fingerprint density at radius 1 is 0.973 bits per heavy atom. The molecule has 4 rings (SSSR count). The van der Waals surface area contributed by atoms with E-state index in [4.69, 9.17) is 13.9 Å². The van der Waals surface area contributed by atoms with Crippen LogP contribution in [-0.4, -0.2) is 40.2 Å². The predicted molar refractivity (Wildman–Crippen MR) is 138 cm³/mol. The van der Waals surface area contributed by atoms with E-state index in [-0.39, 0.29) is 6.54 Å². The number of rotatable bonds is 10. The molecule has 0 saturated heterocycles. The zero-order valence-electron chi connectivity index (χ0n) is 20.7. The number of carboxylic acids is 1. The van der Waals surface area contributed by atoms with Gasteiger partial charge >= 0.3 is 12.1 Å². The number of benzene rings is 3. The third-order valence-electron chi connectivity index (χ3n) is 5.67. The summed E-state index contributed by atoms with van der Waals surface area (Å²) in [5.74, 6) is 1.17. The lowest BCUT2D eigenvalue weighted by Crippen LogP contribution is -2.37. The summed E-state index contributed by atoms with van der Waals surface area (Å²) >= 11 is 0. The zero-order chi connectivity index (χ0) is 26.2. The fourth-order valence-electron chi connectivity index (χ4n) is 3.76. The van der Waals surface area contributed by atoms with Crippen molar-refractivity contribution in [1.82, 2.24) is 9.88 Å². The number of nitrogens with zero attached hydrogens (tertiary/aromatic N) is 2. The van der Waals surface area contributed by atoms with E-state index in [1.165, 1.54) is 0 Å². The minimum absolute atomic E-state index is 0.0526. The van der Waals surface area contributed by atoms with Crippen LogP contribution in [0.5, 0.6) is 11.5 Å². The summed E-state index contributed by atoms with van der Waals surface area (Å²) in [5.41, 5.74) is 3.23. The van der Waals surface area contributed by atoms with Gasteiger partial charge in [-0.05, 0) is 55.3 Å². The molecule has 4 aromatic rings. The van der Waals surface area contributed by atoms with E-state index in [0.717, 1.165) is 27.5 Å². The van der Waals surface area contributed by atoms with Crippen LogP contribution in [0.4, 0.5) is 4.79 Å². The lowest BCUT2D eigenvalue weighted by atomic mass is 10.2. The number of carboxylic acid groups (broad SMARTS) is 1. The van der Waals surface area contributed by atoms with E-state index in [2.05, 4.69) is 4.98 Å². The average Bonchev–Trinajstić information content (AvgIpc) is 3.26. The summed E-state index contributed by atoms with van der Waals surface area (Å²) in [5, 5.41) is 9.32. The van der Waals surface area contributed by atoms with Gasteiger partial charge in [0, 0.05) is 18.5 Å². The Kier molecular flexibility index (Phi) is 8.20. The monoisotopic (exact) mass is 500 g/mol. The average molecular weight is 501 g/mol. The van der Waals surface area contributed by atoms with E-state index < -0.39 is 18.6 Å². The van der Waals surface area contributed by atoms with Crippen LogP contribution in [0.25, 0.3) is 11.5 Å². The fourth-order valence-corrected chi connectivity index (χ4v) is 3.76. The quantitative estimate of drug-likeness (QED) is 0.299. The number of ether oxygens (including phenoxy) is 2. The Balaban J connectivity index is 1.38. The number of para-hydroxylation sites is 1. The van der Waals surface area contributed by atoms with Gasteiger partial charge < -0.3 is 19.0 Å². The molecule has 0 radical (unpaired) electrons. The molecule has 0 bridgehead atoms. The summed E-state index contributed by atoms with van der Waals surface area (Å²) in [6.07, 6.45) is -0.181. The van der Waals surface area contributed by atoms with Gasteiger partial charge in [0.25, 0.3) is 0 Å². The van der Waals surface area contributed by atoms with Crippen molar-refractivity contribution in [3.8, 4) is 23.0 Å². The first-order valence-electron chi connectivity index (χ1n) is 11.9. The molecule has 0 spiro atoms. The molecule has 0 aliphatic carbocycles. The van der Waals surface area contributed by atoms with Crippen molar-refractivity contribution in [2.75, 3.05) is 13.2 Å². The molecule has 8 heteroatoms. The Hall–Kier alpha value is -4.59. The summed E-state index contributed by atoms with van der Waals surface area (Å²) in [7, 11) is 0. The van der Waals surface area contributed by atoms with Gasteiger partial charge in [0.05, 0.1) is 12.3 Å². The maximum atomic E-state index is 12.7. The van der Waals surface area contributed by atoms with E-state index in [9.17, 15) is 14.7 Å². The number of carbonyl (C=O) groups excluding carboxylic acids is 1. The molecule has 190 valence electrons. The second-order valence-electron chi connectivity index (χ2n) is 8.52. The van der Waals surface area contributed by atoms with Gasteiger partial charge in [0.2, 0.25) is 5.89 Å². The van der Waals surface area contributed by atoms with Gasteiger partial charge in [-0.25, -0.2) is 9.78 Å². The topological polar surface area (TPSA) is 102 Å². The van der Waals surface area contributed by atoms with Gasteiger partial charge in [-0.3, -0.25) is 9.69 Å². The molecule has 0 aliphatic heterocycles. The minimum atomic E-state index is -1.13. The smallest absolute Gasteiger partial charge is 0.416 e. The van der Waals surface area contributed by atoms with Gasteiger partial charge in [-0.2, -0.15) is 0 Å². The number of amides is 1.